The summed E-state index contributed by atoms with van der Waals surface area (Å²) in [7, 11) is 0. The van der Waals surface area contributed by atoms with Gasteiger partial charge in [-0.15, -0.1) is 0 Å². The first-order chi connectivity index (χ1) is 9.65. The number of aromatic nitrogens is 2. The van der Waals surface area contributed by atoms with Gasteiger partial charge in [-0.2, -0.15) is 5.10 Å². The molecule has 2 atom stereocenters. The minimum absolute atomic E-state index is 0.502. The Morgan fingerprint density at radius 1 is 1.55 bits per heavy atom. The summed E-state index contributed by atoms with van der Waals surface area (Å²) in [6, 6.07) is 3.15. The molecule has 1 fully saturated rings. The van der Waals surface area contributed by atoms with E-state index in [9.17, 15) is 0 Å². The van der Waals surface area contributed by atoms with Gasteiger partial charge in [-0.3, -0.25) is 4.68 Å². The molecular formula is C15H28N4O. The van der Waals surface area contributed by atoms with Crippen LogP contribution < -0.4 is 10.6 Å². The minimum Gasteiger partial charge on any atom is -0.379 e. The number of ether oxygens (including phenoxy) is 1. The Balaban J connectivity index is 1.59. The molecule has 0 radical (unpaired) electrons. The van der Waals surface area contributed by atoms with Crippen molar-refractivity contribution in [2.45, 2.75) is 52.2 Å². The molecule has 1 saturated heterocycles. The number of hydrogen-bond acceptors (Lipinski definition) is 4. The molecule has 20 heavy (non-hydrogen) atoms. The van der Waals surface area contributed by atoms with E-state index < -0.39 is 0 Å². The van der Waals surface area contributed by atoms with E-state index >= 15 is 0 Å². The molecular weight excluding hydrogens is 252 g/mol. The van der Waals surface area contributed by atoms with Gasteiger partial charge in [0, 0.05) is 30.9 Å². The highest BCUT2D eigenvalue weighted by atomic mass is 16.5. The fourth-order valence-corrected chi connectivity index (χ4v) is 2.76. The highest BCUT2D eigenvalue weighted by molar-refractivity contribution is 5.06. The predicted molar refractivity (Wildman–Crippen MR) is 81.0 cm³/mol. The number of morpholine rings is 1. The smallest absolute Gasteiger partial charge is 0.0620 e. The molecule has 1 aliphatic heterocycles. The van der Waals surface area contributed by atoms with Crippen LogP contribution in [0.25, 0.3) is 0 Å². The van der Waals surface area contributed by atoms with E-state index in [4.69, 9.17) is 4.74 Å². The highest BCUT2D eigenvalue weighted by Gasteiger charge is 2.15. The van der Waals surface area contributed by atoms with Crippen LogP contribution in [0, 0.1) is 13.8 Å². The normalized spacial score (nSPS) is 21.1. The lowest BCUT2D eigenvalue weighted by Crippen LogP contribution is -2.45. The first-order valence-electron chi connectivity index (χ1n) is 7.70. The number of rotatable bonds is 7. The van der Waals surface area contributed by atoms with Crippen molar-refractivity contribution < 1.29 is 4.74 Å². The number of nitrogens with zero attached hydrogens (tertiary/aromatic N) is 2. The van der Waals surface area contributed by atoms with Crippen molar-refractivity contribution in [3.63, 3.8) is 0 Å². The van der Waals surface area contributed by atoms with Crippen LogP contribution in [0.4, 0.5) is 0 Å². The Kier molecular flexibility index (Phi) is 6.01. The van der Waals surface area contributed by atoms with Gasteiger partial charge in [0.1, 0.15) is 0 Å². The molecule has 2 N–H and O–H groups in total. The fraction of sp³-hybridized carbons (Fsp3) is 0.800. The summed E-state index contributed by atoms with van der Waals surface area (Å²) in [5.74, 6) is 0. The summed E-state index contributed by atoms with van der Waals surface area (Å²) >= 11 is 0. The second-order valence-electron chi connectivity index (χ2n) is 5.82. The third-order valence-corrected chi connectivity index (χ3v) is 3.78. The first-order valence-corrected chi connectivity index (χ1v) is 7.70. The predicted octanol–water partition coefficient (Wildman–Crippen LogP) is 1.25. The third kappa shape index (κ3) is 4.89. The summed E-state index contributed by atoms with van der Waals surface area (Å²) in [5, 5.41) is 11.6. The Hall–Kier alpha value is -0.910. The molecule has 0 spiro atoms. The van der Waals surface area contributed by atoms with Crippen molar-refractivity contribution in [2.24, 2.45) is 0 Å². The quantitative estimate of drug-likeness (QED) is 0.738. The van der Waals surface area contributed by atoms with Crippen molar-refractivity contribution in [3.05, 3.63) is 17.5 Å². The van der Waals surface area contributed by atoms with Gasteiger partial charge in [-0.1, -0.05) is 0 Å². The molecule has 1 aromatic rings. The summed E-state index contributed by atoms with van der Waals surface area (Å²) in [6.07, 6.45) is 2.24. The van der Waals surface area contributed by atoms with Gasteiger partial charge in [-0.05, 0) is 46.2 Å². The Labute approximate surface area is 122 Å². The van der Waals surface area contributed by atoms with Crippen LogP contribution in [0.1, 0.15) is 31.2 Å². The highest BCUT2D eigenvalue weighted by Crippen LogP contribution is 2.04. The lowest BCUT2D eigenvalue weighted by Gasteiger charge is -2.26. The maximum absolute atomic E-state index is 5.48. The van der Waals surface area contributed by atoms with E-state index in [0.717, 1.165) is 51.4 Å². The number of aryl methyl sites for hydroxylation is 3. The van der Waals surface area contributed by atoms with Crippen LogP contribution in [-0.2, 0) is 11.3 Å². The second kappa shape index (κ2) is 7.76. The molecule has 2 heterocycles. The Bertz CT molecular complexity index is 399. The van der Waals surface area contributed by atoms with Gasteiger partial charge in [0.05, 0.1) is 18.9 Å². The lowest BCUT2D eigenvalue weighted by atomic mass is 10.1. The van der Waals surface area contributed by atoms with Gasteiger partial charge in [0.25, 0.3) is 0 Å². The van der Waals surface area contributed by atoms with Gasteiger partial charge in [-0.25, -0.2) is 0 Å². The van der Waals surface area contributed by atoms with Crippen molar-refractivity contribution >= 4 is 0 Å². The zero-order valence-electron chi connectivity index (χ0n) is 13.0. The fourth-order valence-electron chi connectivity index (χ4n) is 2.76. The molecule has 5 heteroatoms. The minimum atomic E-state index is 0.502. The molecule has 1 aliphatic rings. The van der Waals surface area contributed by atoms with Gasteiger partial charge >= 0.3 is 0 Å². The second-order valence-corrected chi connectivity index (χ2v) is 5.82. The summed E-state index contributed by atoms with van der Waals surface area (Å²) in [4.78, 5) is 0. The molecule has 0 saturated carbocycles. The van der Waals surface area contributed by atoms with E-state index in [1.54, 1.807) is 0 Å². The van der Waals surface area contributed by atoms with Crippen molar-refractivity contribution in [2.75, 3.05) is 26.3 Å². The van der Waals surface area contributed by atoms with Crippen LogP contribution in [0.5, 0.6) is 0 Å². The van der Waals surface area contributed by atoms with Crippen molar-refractivity contribution in [1.29, 1.82) is 0 Å². The van der Waals surface area contributed by atoms with E-state index in [1.165, 1.54) is 5.69 Å². The molecule has 114 valence electrons. The average Bonchev–Trinajstić information content (AvgIpc) is 2.74. The zero-order valence-corrected chi connectivity index (χ0v) is 13.0. The molecule has 2 unspecified atom stereocenters. The van der Waals surface area contributed by atoms with Gasteiger partial charge in [0.15, 0.2) is 0 Å². The standard InChI is InChI=1S/C15H28N4O/c1-12(10-15-11-20-8-6-17-15)16-5-4-7-19-14(3)9-13(2)18-19/h9,12,15-17H,4-8,10-11H2,1-3H3. The third-order valence-electron chi connectivity index (χ3n) is 3.78. The molecule has 1 aromatic heterocycles. The maximum atomic E-state index is 5.48. The summed E-state index contributed by atoms with van der Waals surface area (Å²) < 4.78 is 7.58. The van der Waals surface area contributed by atoms with Crippen LogP contribution in [0.3, 0.4) is 0 Å². The Morgan fingerprint density at radius 3 is 3.05 bits per heavy atom. The van der Waals surface area contributed by atoms with Crippen LogP contribution in [-0.4, -0.2) is 48.2 Å². The SMILES string of the molecule is Cc1cc(C)n(CCCNC(C)CC2COCCN2)n1. The van der Waals surface area contributed by atoms with Gasteiger partial charge < -0.3 is 15.4 Å². The monoisotopic (exact) mass is 280 g/mol. The molecule has 0 bridgehead atoms. The van der Waals surface area contributed by atoms with E-state index in [-0.39, 0.29) is 0 Å². The first kappa shape index (κ1) is 15.5. The Morgan fingerprint density at radius 2 is 2.40 bits per heavy atom. The zero-order chi connectivity index (χ0) is 14.4. The molecule has 0 aromatic carbocycles. The molecule has 5 nitrogen and oxygen atoms in total. The maximum Gasteiger partial charge on any atom is 0.0620 e. The summed E-state index contributed by atoms with van der Waals surface area (Å²) in [5.41, 5.74) is 2.35. The average molecular weight is 280 g/mol. The molecule has 0 aliphatic carbocycles. The summed E-state index contributed by atoms with van der Waals surface area (Å²) in [6.45, 7) is 11.1. The number of nitrogens with one attached hydrogen (secondary N) is 2. The van der Waals surface area contributed by atoms with E-state index in [2.05, 4.69) is 40.3 Å². The number of hydrogen-bond donors (Lipinski definition) is 2. The van der Waals surface area contributed by atoms with Gasteiger partial charge in [0.2, 0.25) is 0 Å². The lowest BCUT2D eigenvalue weighted by molar-refractivity contribution is 0.0712. The van der Waals surface area contributed by atoms with Crippen molar-refractivity contribution in [1.82, 2.24) is 20.4 Å². The van der Waals surface area contributed by atoms with Crippen LogP contribution >= 0.6 is 0 Å². The van der Waals surface area contributed by atoms with Crippen LogP contribution in [0.15, 0.2) is 6.07 Å². The van der Waals surface area contributed by atoms with Crippen LogP contribution in [0.2, 0.25) is 0 Å². The largest absolute Gasteiger partial charge is 0.379 e. The topological polar surface area (TPSA) is 51.1 Å². The molecule has 0 amide bonds. The van der Waals surface area contributed by atoms with E-state index in [1.807, 2.05) is 6.92 Å². The van der Waals surface area contributed by atoms with E-state index in [0.29, 0.717) is 12.1 Å². The van der Waals surface area contributed by atoms with Crippen molar-refractivity contribution in [3.8, 4) is 0 Å². The molecule has 2 rings (SSSR count).